The largest absolute Gasteiger partial charge is 0.377 e. The number of sulfonamides is 1. The van der Waals surface area contributed by atoms with Crippen LogP contribution in [0.2, 0.25) is 0 Å². The van der Waals surface area contributed by atoms with Crippen molar-refractivity contribution in [2.45, 2.75) is 64.7 Å². The molecule has 0 radical (unpaired) electrons. The predicted octanol–water partition coefficient (Wildman–Crippen LogP) is 4.48. The van der Waals surface area contributed by atoms with Crippen LogP contribution < -0.4 is 9.62 Å². The lowest BCUT2D eigenvalue weighted by molar-refractivity contribution is 0.0725. The van der Waals surface area contributed by atoms with E-state index in [-0.39, 0.29) is 11.7 Å². The van der Waals surface area contributed by atoms with Gasteiger partial charge in [0, 0.05) is 38.6 Å². The molecular formula is C22H37N3O3S. The number of benzene rings is 1. The molecule has 164 valence electrons. The van der Waals surface area contributed by atoms with Crippen molar-refractivity contribution in [1.82, 2.24) is 4.90 Å². The zero-order valence-corrected chi connectivity index (χ0v) is 19.1. The first kappa shape index (κ1) is 23.5. The average Bonchev–Trinajstić information content (AvgIpc) is 2.70. The average molecular weight is 424 g/mol. The molecule has 0 bridgehead atoms. The Morgan fingerprint density at radius 1 is 1.03 bits per heavy atom. The van der Waals surface area contributed by atoms with Crippen molar-refractivity contribution in [2.75, 3.05) is 42.6 Å². The molecule has 1 heterocycles. The first-order chi connectivity index (χ1) is 13.8. The molecule has 1 aliphatic rings. The SMILES string of the molecule is CCCCCCCCS(=O)(=O)Nc1ccc(N(C)C)c(C(=O)N2CCCCC2)c1. The van der Waals surface area contributed by atoms with Gasteiger partial charge in [0.15, 0.2) is 0 Å². The van der Waals surface area contributed by atoms with E-state index in [9.17, 15) is 13.2 Å². The van der Waals surface area contributed by atoms with E-state index in [1.54, 1.807) is 12.1 Å². The topological polar surface area (TPSA) is 69.7 Å². The molecule has 1 saturated heterocycles. The number of rotatable bonds is 11. The third kappa shape index (κ3) is 7.53. The molecule has 7 heteroatoms. The van der Waals surface area contributed by atoms with Crippen molar-refractivity contribution in [1.29, 1.82) is 0 Å². The van der Waals surface area contributed by atoms with E-state index in [2.05, 4.69) is 11.6 Å². The Bertz CT molecular complexity index is 757. The number of carbonyl (C=O) groups excluding carboxylic acids is 1. The highest BCUT2D eigenvalue weighted by Gasteiger charge is 2.22. The summed E-state index contributed by atoms with van der Waals surface area (Å²) in [4.78, 5) is 16.8. The summed E-state index contributed by atoms with van der Waals surface area (Å²) in [5.41, 5.74) is 1.82. The molecule has 0 unspecified atom stereocenters. The summed E-state index contributed by atoms with van der Waals surface area (Å²) >= 11 is 0. The van der Waals surface area contributed by atoms with Gasteiger partial charge in [0.1, 0.15) is 0 Å². The third-order valence-corrected chi connectivity index (χ3v) is 6.76. The standard InChI is InChI=1S/C22H37N3O3S/c1-4-5-6-7-8-12-17-29(27,28)23-19-13-14-21(24(2)3)20(18-19)22(26)25-15-10-9-11-16-25/h13-14,18,23H,4-12,15-17H2,1-3H3. The predicted molar refractivity (Wildman–Crippen MR) is 121 cm³/mol. The Labute approximate surface area is 176 Å². The summed E-state index contributed by atoms with van der Waals surface area (Å²) in [6.07, 6.45) is 9.42. The van der Waals surface area contributed by atoms with Crippen LogP contribution in [0.4, 0.5) is 11.4 Å². The zero-order valence-electron chi connectivity index (χ0n) is 18.2. The Kier molecular flexibility index (Phi) is 9.27. The van der Waals surface area contributed by atoms with Crippen LogP contribution >= 0.6 is 0 Å². The van der Waals surface area contributed by atoms with Crippen molar-refractivity contribution >= 4 is 27.3 Å². The maximum Gasteiger partial charge on any atom is 0.256 e. The fraction of sp³-hybridized carbons (Fsp3) is 0.682. The Morgan fingerprint density at radius 2 is 1.69 bits per heavy atom. The van der Waals surface area contributed by atoms with Gasteiger partial charge in [-0.05, 0) is 43.9 Å². The van der Waals surface area contributed by atoms with Crippen molar-refractivity contribution in [3.8, 4) is 0 Å². The molecule has 0 aliphatic carbocycles. The second-order valence-corrected chi connectivity index (χ2v) is 10.0. The maximum atomic E-state index is 13.1. The second-order valence-electron chi connectivity index (χ2n) is 8.17. The molecular weight excluding hydrogens is 386 g/mol. The number of piperidine rings is 1. The first-order valence-electron chi connectivity index (χ1n) is 10.9. The van der Waals surface area contributed by atoms with Crippen LogP contribution in [-0.2, 0) is 10.0 Å². The molecule has 0 spiro atoms. The zero-order chi connectivity index (χ0) is 21.3. The quantitative estimate of drug-likeness (QED) is 0.533. The van der Waals surface area contributed by atoms with Crippen LogP contribution in [0.15, 0.2) is 18.2 Å². The van der Waals surface area contributed by atoms with E-state index in [1.807, 2.05) is 30.0 Å². The van der Waals surface area contributed by atoms with Gasteiger partial charge in [0.2, 0.25) is 10.0 Å². The number of likely N-dealkylation sites (tertiary alicyclic amines) is 1. The van der Waals surface area contributed by atoms with Gasteiger partial charge in [-0.2, -0.15) is 0 Å². The minimum absolute atomic E-state index is 0.0228. The molecule has 6 nitrogen and oxygen atoms in total. The van der Waals surface area contributed by atoms with Gasteiger partial charge in [-0.1, -0.05) is 39.0 Å². The lowest BCUT2D eigenvalue weighted by Gasteiger charge is -2.28. The molecule has 1 aromatic carbocycles. The van der Waals surface area contributed by atoms with Crippen LogP contribution in [0.3, 0.4) is 0 Å². The van der Waals surface area contributed by atoms with Gasteiger partial charge in [-0.15, -0.1) is 0 Å². The smallest absolute Gasteiger partial charge is 0.256 e. The highest BCUT2D eigenvalue weighted by atomic mass is 32.2. The number of hydrogen-bond acceptors (Lipinski definition) is 4. The minimum Gasteiger partial charge on any atom is -0.377 e. The van der Waals surface area contributed by atoms with Gasteiger partial charge in [0.05, 0.1) is 11.3 Å². The molecule has 0 saturated carbocycles. The highest BCUT2D eigenvalue weighted by molar-refractivity contribution is 7.92. The molecule has 1 aliphatic heterocycles. The van der Waals surface area contributed by atoms with Gasteiger partial charge in [0.25, 0.3) is 5.91 Å². The molecule has 1 fully saturated rings. The van der Waals surface area contributed by atoms with E-state index in [1.165, 1.54) is 12.8 Å². The van der Waals surface area contributed by atoms with Crippen molar-refractivity contribution in [2.24, 2.45) is 0 Å². The Balaban J connectivity index is 2.06. The van der Waals surface area contributed by atoms with E-state index < -0.39 is 10.0 Å². The number of hydrogen-bond donors (Lipinski definition) is 1. The Hall–Kier alpha value is -1.76. The molecule has 29 heavy (non-hydrogen) atoms. The number of amides is 1. The fourth-order valence-corrected chi connectivity index (χ4v) is 4.90. The van der Waals surface area contributed by atoms with Gasteiger partial charge < -0.3 is 9.80 Å². The van der Waals surface area contributed by atoms with Crippen LogP contribution in [0, 0.1) is 0 Å². The summed E-state index contributed by atoms with van der Waals surface area (Å²) in [6.45, 7) is 3.69. The summed E-state index contributed by atoms with van der Waals surface area (Å²) in [5, 5.41) is 0. The lowest BCUT2D eigenvalue weighted by Crippen LogP contribution is -2.36. The van der Waals surface area contributed by atoms with Gasteiger partial charge in [-0.3, -0.25) is 9.52 Å². The fourth-order valence-electron chi connectivity index (χ4n) is 3.73. The monoisotopic (exact) mass is 423 g/mol. The number of carbonyl (C=O) groups is 1. The van der Waals surface area contributed by atoms with E-state index in [0.29, 0.717) is 17.7 Å². The van der Waals surface area contributed by atoms with Crippen LogP contribution in [-0.4, -0.2) is 52.2 Å². The van der Waals surface area contributed by atoms with Gasteiger partial charge in [-0.25, -0.2) is 8.42 Å². The number of unbranched alkanes of at least 4 members (excludes halogenated alkanes) is 5. The summed E-state index contributed by atoms with van der Waals surface area (Å²) < 4.78 is 27.6. The molecule has 2 rings (SSSR count). The van der Waals surface area contributed by atoms with Crippen LogP contribution in [0.1, 0.15) is 75.1 Å². The number of nitrogens with one attached hydrogen (secondary N) is 1. The Morgan fingerprint density at radius 3 is 2.34 bits per heavy atom. The lowest BCUT2D eigenvalue weighted by atomic mass is 10.1. The van der Waals surface area contributed by atoms with E-state index >= 15 is 0 Å². The second kappa shape index (κ2) is 11.4. The van der Waals surface area contributed by atoms with Crippen molar-refractivity contribution < 1.29 is 13.2 Å². The molecule has 1 aromatic rings. The third-order valence-electron chi connectivity index (χ3n) is 5.39. The minimum atomic E-state index is -3.42. The van der Waals surface area contributed by atoms with Crippen LogP contribution in [0.25, 0.3) is 0 Å². The molecule has 1 N–H and O–H groups in total. The van der Waals surface area contributed by atoms with Crippen LogP contribution in [0.5, 0.6) is 0 Å². The molecule has 1 amide bonds. The normalized spacial score (nSPS) is 14.7. The number of nitrogens with zero attached hydrogens (tertiary/aromatic N) is 2. The summed E-state index contributed by atoms with van der Waals surface area (Å²) in [5.74, 6) is 0.0922. The summed E-state index contributed by atoms with van der Waals surface area (Å²) in [7, 11) is 0.371. The molecule has 0 aromatic heterocycles. The number of anilines is 2. The van der Waals surface area contributed by atoms with E-state index in [4.69, 9.17) is 0 Å². The summed E-state index contributed by atoms with van der Waals surface area (Å²) in [6, 6.07) is 5.24. The van der Waals surface area contributed by atoms with Gasteiger partial charge >= 0.3 is 0 Å². The highest BCUT2D eigenvalue weighted by Crippen LogP contribution is 2.26. The molecule has 0 atom stereocenters. The van der Waals surface area contributed by atoms with E-state index in [0.717, 1.165) is 57.3 Å². The van der Waals surface area contributed by atoms with Crippen molar-refractivity contribution in [3.05, 3.63) is 23.8 Å². The maximum absolute atomic E-state index is 13.1. The van der Waals surface area contributed by atoms with Crippen molar-refractivity contribution in [3.63, 3.8) is 0 Å². The first-order valence-corrected chi connectivity index (χ1v) is 12.6.